The van der Waals surface area contributed by atoms with Crippen molar-refractivity contribution in [3.8, 4) is 0 Å². The Morgan fingerprint density at radius 1 is 1.42 bits per heavy atom. The highest BCUT2D eigenvalue weighted by atomic mass is 16.5. The number of anilines is 2. The van der Waals surface area contributed by atoms with Crippen LogP contribution in [0.5, 0.6) is 0 Å². The maximum absolute atomic E-state index is 11.8. The topological polar surface area (TPSA) is 64.8 Å². The standard InChI is InChI=1S/C14H20N2O3/c1-18-10-5-4-8-16(9-10)13-11(14(17)19-2)6-3-7-12(13)15/h3,6-7,10H,4-5,8-9,15H2,1-2H3. The van der Waals surface area contributed by atoms with E-state index >= 15 is 0 Å². The largest absolute Gasteiger partial charge is 0.465 e. The van der Waals surface area contributed by atoms with E-state index < -0.39 is 0 Å². The number of rotatable bonds is 3. The zero-order valence-electron chi connectivity index (χ0n) is 11.4. The van der Waals surface area contributed by atoms with Gasteiger partial charge in [0.25, 0.3) is 0 Å². The van der Waals surface area contributed by atoms with Crippen LogP contribution in [0.15, 0.2) is 18.2 Å². The van der Waals surface area contributed by atoms with Gasteiger partial charge in [0.05, 0.1) is 30.2 Å². The van der Waals surface area contributed by atoms with Gasteiger partial charge < -0.3 is 20.1 Å². The van der Waals surface area contributed by atoms with Crippen LogP contribution in [0.4, 0.5) is 11.4 Å². The van der Waals surface area contributed by atoms with Crippen LogP contribution in [0.3, 0.4) is 0 Å². The number of nitrogens with zero attached hydrogens (tertiary/aromatic N) is 1. The van der Waals surface area contributed by atoms with E-state index in [1.807, 2.05) is 0 Å². The molecule has 2 N–H and O–H groups in total. The second-order valence-electron chi connectivity index (χ2n) is 4.68. The molecule has 5 nitrogen and oxygen atoms in total. The van der Waals surface area contributed by atoms with Crippen molar-refractivity contribution >= 4 is 17.3 Å². The van der Waals surface area contributed by atoms with E-state index in [0.717, 1.165) is 31.6 Å². The molecule has 1 heterocycles. The number of methoxy groups -OCH3 is 2. The third-order valence-electron chi connectivity index (χ3n) is 3.50. The smallest absolute Gasteiger partial charge is 0.340 e. The summed E-state index contributed by atoms with van der Waals surface area (Å²) in [6.45, 7) is 1.62. The van der Waals surface area contributed by atoms with Crippen LogP contribution >= 0.6 is 0 Å². The van der Waals surface area contributed by atoms with Crippen LogP contribution in [0.25, 0.3) is 0 Å². The van der Waals surface area contributed by atoms with Crippen LogP contribution in [0, 0.1) is 0 Å². The summed E-state index contributed by atoms with van der Waals surface area (Å²) < 4.78 is 10.2. The number of benzene rings is 1. The second kappa shape index (κ2) is 5.93. The summed E-state index contributed by atoms with van der Waals surface area (Å²) in [5.41, 5.74) is 7.91. The minimum Gasteiger partial charge on any atom is -0.465 e. The lowest BCUT2D eigenvalue weighted by molar-refractivity contribution is 0.0600. The highest BCUT2D eigenvalue weighted by molar-refractivity contribution is 5.99. The summed E-state index contributed by atoms with van der Waals surface area (Å²) in [7, 11) is 3.09. The molecule has 0 radical (unpaired) electrons. The van der Waals surface area contributed by atoms with Crippen LogP contribution < -0.4 is 10.6 Å². The van der Waals surface area contributed by atoms with Gasteiger partial charge in [0, 0.05) is 20.2 Å². The Balaban J connectivity index is 2.34. The molecule has 1 aliphatic heterocycles. The quantitative estimate of drug-likeness (QED) is 0.664. The Kier molecular flexibility index (Phi) is 4.27. The first-order chi connectivity index (χ1) is 9.17. The summed E-state index contributed by atoms with van der Waals surface area (Å²) in [6, 6.07) is 5.31. The van der Waals surface area contributed by atoms with Crippen LogP contribution in [-0.2, 0) is 9.47 Å². The lowest BCUT2D eigenvalue weighted by Crippen LogP contribution is -2.40. The van der Waals surface area contributed by atoms with Gasteiger partial charge in [-0.1, -0.05) is 6.07 Å². The Morgan fingerprint density at radius 2 is 2.21 bits per heavy atom. The molecule has 5 heteroatoms. The van der Waals surface area contributed by atoms with E-state index in [9.17, 15) is 4.79 Å². The fraction of sp³-hybridized carbons (Fsp3) is 0.500. The number of carbonyl (C=O) groups is 1. The third kappa shape index (κ3) is 2.81. The Morgan fingerprint density at radius 3 is 2.89 bits per heavy atom. The molecule has 104 valence electrons. The van der Waals surface area contributed by atoms with E-state index in [1.165, 1.54) is 7.11 Å². The van der Waals surface area contributed by atoms with Gasteiger partial charge in [0.15, 0.2) is 0 Å². The lowest BCUT2D eigenvalue weighted by atomic mass is 10.0. The number of nitrogens with two attached hydrogens (primary N) is 1. The zero-order chi connectivity index (χ0) is 13.8. The first-order valence-electron chi connectivity index (χ1n) is 6.42. The van der Waals surface area contributed by atoms with Gasteiger partial charge >= 0.3 is 5.97 Å². The number of piperidine rings is 1. The zero-order valence-corrected chi connectivity index (χ0v) is 11.4. The molecule has 19 heavy (non-hydrogen) atoms. The molecular weight excluding hydrogens is 244 g/mol. The van der Waals surface area contributed by atoms with Gasteiger partial charge in [-0.05, 0) is 25.0 Å². The molecule has 1 aliphatic rings. The molecule has 1 saturated heterocycles. The van der Waals surface area contributed by atoms with E-state index in [0.29, 0.717) is 11.3 Å². The van der Waals surface area contributed by atoms with Gasteiger partial charge in [0.1, 0.15) is 0 Å². The molecule has 0 spiro atoms. The fourth-order valence-electron chi connectivity index (χ4n) is 2.52. The molecule has 1 aromatic rings. The molecule has 2 rings (SSSR count). The number of hydrogen-bond acceptors (Lipinski definition) is 5. The average Bonchev–Trinajstić information content (AvgIpc) is 2.46. The summed E-state index contributed by atoms with van der Waals surface area (Å²) in [5, 5.41) is 0. The van der Waals surface area contributed by atoms with Crippen molar-refractivity contribution in [2.75, 3.05) is 37.9 Å². The molecule has 1 aromatic carbocycles. The molecule has 0 amide bonds. The number of para-hydroxylation sites is 1. The van der Waals surface area contributed by atoms with Crippen molar-refractivity contribution in [2.45, 2.75) is 18.9 Å². The summed E-state index contributed by atoms with van der Waals surface area (Å²) in [4.78, 5) is 14.0. The number of carbonyl (C=O) groups excluding carboxylic acids is 1. The Bertz CT molecular complexity index is 462. The van der Waals surface area contributed by atoms with Crippen LogP contribution in [-0.4, -0.2) is 39.4 Å². The molecule has 1 unspecified atom stereocenters. The highest BCUT2D eigenvalue weighted by Gasteiger charge is 2.25. The van der Waals surface area contributed by atoms with E-state index in [-0.39, 0.29) is 12.1 Å². The van der Waals surface area contributed by atoms with E-state index in [1.54, 1.807) is 25.3 Å². The molecule has 1 atom stereocenters. The molecule has 0 aromatic heterocycles. The first-order valence-corrected chi connectivity index (χ1v) is 6.42. The van der Waals surface area contributed by atoms with Gasteiger partial charge in [0.2, 0.25) is 0 Å². The van der Waals surface area contributed by atoms with Crippen LogP contribution in [0.2, 0.25) is 0 Å². The van der Waals surface area contributed by atoms with E-state index in [4.69, 9.17) is 15.2 Å². The van der Waals surface area contributed by atoms with Crippen molar-refractivity contribution in [3.63, 3.8) is 0 Å². The molecular formula is C14H20N2O3. The van der Waals surface area contributed by atoms with Crippen molar-refractivity contribution < 1.29 is 14.3 Å². The predicted molar refractivity (Wildman–Crippen MR) is 74.4 cm³/mol. The summed E-state index contributed by atoms with van der Waals surface area (Å²) in [5.74, 6) is -0.359. The normalized spacial score (nSPS) is 19.3. The van der Waals surface area contributed by atoms with Gasteiger partial charge in [-0.15, -0.1) is 0 Å². The Hall–Kier alpha value is -1.75. The maximum Gasteiger partial charge on any atom is 0.340 e. The fourth-order valence-corrected chi connectivity index (χ4v) is 2.52. The monoisotopic (exact) mass is 264 g/mol. The predicted octanol–water partition coefficient (Wildman–Crippen LogP) is 1.67. The van der Waals surface area contributed by atoms with Crippen molar-refractivity contribution in [1.29, 1.82) is 0 Å². The first kappa shape index (κ1) is 13.7. The van der Waals surface area contributed by atoms with Crippen LogP contribution in [0.1, 0.15) is 23.2 Å². The number of hydrogen-bond donors (Lipinski definition) is 1. The van der Waals surface area contributed by atoms with Gasteiger partial charge in [-0.2, -0.15) is 0 Å². The maximum atomic E-state index is 11.8. The summed E-state index contributed by atoms with van der Waals surface area (Å²) >= 11 is 0. The van der Waals surface area contributed by atoms with Crippen molar-refractivity contribution in [2.24, 2.45) is 0 Å². The third-order valence-corrected chi connectivity index (χ3v) is 3.50. The summed E-state index contributed by atoms with van der Waals surface area (Å²) in [6.07, 6.45) is 2.24. The van der Waals surface area contributed by atoms with Crippen molar-refractivity contribution in [1.82, 2.24) is 0 Å². The average molecular weight is 264 g/mol. The molecule has 0 bridgehead atoms. The number of esters is 1. The molecule has 0 aliphatic carbocycles. The van der Waals surface area contributed by atoms with Crippen molar-refractivity contribution in [3.05, 3.63) is 23.8 Å². The SMILES string of the molecule is COC(=O)c1cccc(N)c1N1CCCC(OC)C1. The highest BCUT2D eigenvalue weighted by Crippen LogP contribution is 2.31. The molecule has 1 fully saturated rings. The number of ether oxygens (including phenoxy) is 2. The van der Waals surface area contributed by atoms with Gasteiger partial charge in [-0.25, -0.2) is 4.79 Å². The minimum atomic E-state index is -0.359. The molecule has 0 saturated carbocycles. The Labute approximate surface area is 113 Å². The minimum absolute atomic E-state index is 0.179. The number of nitrogen functional groups attached to an aromatic ring is 1. The lowest BCUT2D eigenvalue weighted by Gasteiger charge is -2.35. The van der Waals surface area contributed by atoms with E-state index in [2.05, 4.69) is 4.90 Å². The van der Waals surface area contributed by atoms with Gasteiger partial charge in [-0.3, -0.25) is 0 Å². The second-order valence-corrected chi connectivity index (χ2v) is 4.68.